The van der Waals surface area contributed by atoms with E-state index in [1.807, 2.05) is 0 Å². The number of hydrogen-bond acceptors (Lipinski definition) is 4. The molecule has 3 rings (SSSR count). The van der Waals surface area contributed by atoms with Gasteiger partial charge in [-0.05, 0) is 42.0 Å². The molecule has 2 aromatic heterocycles. The van der Waals surface area contributed by atoms with E-state index in [1.165, 1.54) is 0 Å². The van der Waals surface area contributed by atoms with Gasteiger partial charge >= 0.3 is 0 Å². The Morgan fingerprint density at radius 3 is 2.19 bits per heavy atom. The van der Waals surface area contributed by atoms with Crippen LogP contribution in [-0.4, -0.2) is 34.4 Å². The lowest BCUT2D eigenvalue weighted by Crippen LogP contribution is -2.47. The molecule has 0 saturated heterocycles. The first-order valence-corrected chi connectivity index (χ1v) is 9.29. The molecule has 142 valence electrons. The summed E-state index contributed by atoms with van der Waals surface area (Å²) >= 11 is 0. The molecule has 2 N–H and O–H groups in total. The Balaban J connectivity index is 1.70. The van der Waals surface area contributed by atoms with Gasteiger partial charge in [0, 0.05) is 30.9 Å². The van der Waals surface area contributed by atoms with Gasteiger partial charge in [-0.3, -0.25) is 19.6 Å². The molecule has 1 saturated carbocycles. The average molecular weight is 366 g/mol. The summed E-state index contributed by atoms with van der Waals surface area (Å²) in [6, 6.07) is 10.5. The molecule has 6 nitrogen and oxygen atoms in total. The summed E-state index contributed by atoms with van der Waals surface area (Å²) in [5, 5.41) is 6.14. The Morgan fingerprint density at radius 1 is 1.04 bits per heavy atom. The molecule has 27 heavy (non-hydrogen) atoms. The van der Waals surface area contributed by atoms with Gasteiger partial charge in [-0.25, -0.2) is 0 Å². The second-order valence-corrected chi connectivity index (χ2v) is 7.92. The first-order chi connectivity index (χ1) is 12.9. The monoisotopic (exact) mass is 366 g/mol. The van der Waals surface area contributed by atoms with Crippen molar-refractivity contribution in [3.63, 3.8) is 0 Å². The van der Waals surface area contributed by atoms with Crippen molar-refractivity contribution in [2.45, 2.75) is 33.2 Å². The zero-order chi connectivity index (χ0) is 19.4. The normalized spacial score (nSPS) is 23.6. The van der Waals surface area contributed by atoms with E-state index in [2.05, 4.69) is 41.4 Å². The molecule has 0 aromatic carbocycles. The summed E-state index contributed by atoms with van der Waals surface area (Å²) in [7, 11) is 0. The van der Waals surface area contributed by atoms with Gasteiger partial charge in [0.15, 0.2) is 0 Å². The number of pyridine rings is 2. The number of carbonyl (C=O) groups excluding carboxylic acids is 2. The molecular weight excluding hydrogens is 340 g/mol. The summed E-state index contributed by atoms with van der Waals surface area (Å²) in [4.78, 5) is 33.2. The fourth-order valence-corrected chi connectivity index (χ4v) is 4.15. The van der Waals surface area contributed by atoms with Crippen LogP contribution in [0.1, 0.15) is 48.2 Å². The molecule has 0 aliphatic heterocycles. The second kappa shape index (κ2) is 7.86. The van der Waals surface area contributed by atoms with Gasteiger partial charge < -0.3 is 10.6 Å². The third-order valence-electron chi connectivity index (χ3n) is 5.47. The molecule has 2 heterocycles. The molecule has 0 radical (unpaired) electrons. The van der Waals surface area contributed by atoms with Gasteiger partial charge in [0.05, 0.1) is 0 Å². The van der Waals surface area contributed by atoms with Crippen molar-refractivity contribution in [2.75, 3.05) is 6.54 Å². The Morgan fingerprint density at radius 2 is 1.63 bits per heavy atom. The number of nitrogens with one attached hydrogen (secondary N) is 2. The van der Waals surface area contributed by atoms with E-state index in [0.717, 1.165) is 6.42 Å². The van der Waals surface area contributed by atoms with Crippen molar-refractivity contribution in [2.24, 2.45) is 17.3 Å². The lowest BCUT2D eigenvalue weighted by Gasteiger charge is -2.31. The van der Waals surface area contributed by atoms with E-state index in [9.17, 15) is 9.59 Å². The van der Waals surface area contributed by atoms with E-state index in [4.69, 9.17) is 0 Å². The van der Waals surface area contributed by atoms with E-state index >= 15 is 0 Å². The van der Waals surface area contributed by atoms with Crippen LogP contribution < -0.4 is 10.6 Å². The highest BCUT2D eigenvalue weighted by Crippen LogP contribution is 2.45. The zero-order valence-corrected chi connectivity index (χ0v) is 16.0. The Kier molecular flexibility index (Phi) is 5.54. The van der Waals surface area contributed by atoms with Gasteiger partial charge in [-0.1, -0.05) is 32.9 Å². The number of amides is 2. The standard InChI is InChI=1S/C21H26N4O2/c1-14-12-21(2,3)15(13-24-19(26)16-8-4-6-10-22-16)18(14)25-20(27)17-9-5-7-11-23-17/h4-11,14-15,18H,12-13H2,1-3H3,(H,24,26)(H,25,27)/t14-,15-,18-/m1/s1. The molecule has 2 amide bonds. The van der Waals surface area contributed by atoms with Crippen LogP contribution in [0.4, 0.5) is 0 Å². The lowest BCUT2D eigenvalue weighted by atomic mass is 9.80. The second-order valence-electron chi connectivity index (χ2n) is 7.92. The number of hydrogen-bond donors (Lipinski definition) is 2. The number of nitrogens with zero attached hydrogens (tertiary/aromatic N) is 2. The summed E-state index contributed by atoms with van der Waals surface area (Å²) in [5.74, 6) is 0.0594. The minimum absolute atomic E-state index is 0.00111. The molecule has 6 heteroatoms. The van der Waals surface area contributed by atoms with E-state index in [0.29, 0.717) is 23.9 Å². The van der Waals surface area contributed by atoms with Gasteiger partial charge in [-0.2, -0.15) is 0 Å². The molecule has 1 aliphatic carbocycles. The van der Waals surface area contributed by atoms with E-state index in [-0.39, 0.29) is 29.2 Å². The quantitative estimate of drug-likeness (QED) is 0.852. The van der Waals surface area contributed by atoms with Gasteiger partial charge in [0.1, 0.15) is 11.4 Å². The van der Waals surface area contributed by atoms with Gasteiger partial charge in [-0.15, -0.1) is 0 Å². The van der Waals surface area contributed by atoms with Gasteiger partial charge in [0.25, 0.3) is 11.8 Å². The Labute approximate surface area is 159 Å². The van der Waals surface area contributed by atoms with Crippen LogP contribution >= 0.6 is 0 Å². The predicted molar refractivity (Wildman–Crippen MR) is 103 cm³/mol. The van der Waals surface area contributed by atoms with Crippen LogP contribution in [-0.2, 0) is 0 Å². The van der Waals surface area contributed by atoms with Crippen molar-refractivity contribution < 1.29 is 9.59 Å². The molecule has 2 aromatic rings. The molecule has 3 atom stereocenters. The maximum atomic E-state index is 12.6. The molecule has 0 unspecified atom stereocenters. The van der Waals surface area contributed by atoms with Crippen molar-refractivity contribution in [3.05, 3.63) is 60.2 Å². The van der Waals surface area contributed by atoms with Crippen molar-refractivity contribution >= 4 is 11.8 Å². The number of carbonyl (C=O) groups is 2. The summed E-state index contributed by atoms with van der Waals surface area (Å²) < 4.78 is 0. The number of aromatic nitrogens is 2. The number of rotatable bonds is 5. The molecule has 0 bridgehead atoms. The fraction of sp³-hybridized carbons (Fsp3) is 0.429. The topological polar surface area (TPSA) is 84.0 Å². The SMILES string of the molecule is C[C@@H]1CC(C)(C)[C@H](CNC(=O)c2ccccn2)[C@@H]1NC(=O)c1ccccn1. The highest BCUT2D eigenvalue weighted by atomic mass is 16.2. The Bertz CT molecular complexity index is 792. The van der Waals surface area contributed by atoms with Crippen LogP contribution in [0.25, 0.3) is 0 Å². The third kappa shape index (κ3) is 4.32. The maximum Gasteiger partial charge on any atom is 0.270 e. The van der Waals surface area contributed by atoms with Crippen LogP contribution in [0.5, 0.6) is 0 Å². The van der Waals surface area contributed by atoms with E-state index in [1.54, 1.807) is 48.8 Å². The maximum absolute atomic E-state index is 12.6. The predicted octanol–water partition coefficient (Wildman–Crippen LogP) is 2.69. The average Bonchev–Trinajstić information content (AvgIpc) is 2.88. The molecule has 1 aliphatic rings. The zero-order valence-electron chi connectivity index (χ0n) is 16.0. The van der Waals surface area contributed by atoms with Crippen LogP contribution in [0.15, 0.2) is 48.8 Å². The molecular formula is C21H26N4O2. The lowest BCUT2D eigenvalue weighted by molar-refractivity contribution is 0.0889. The van der Waals surface area contributed by atoms with E-state index < -0.39 is 0 Å². The molecule has 0 spiro atoms. The van der Waals surface area contributed by atoms with Gasteiger partial charge in [0.2, 0.25) is 0 Å². The van der Waals surface area contributed by atoms with Crippen molar-refractivity contribution in [3.8, 4) is 0 Å². The highest BCUT2D eigenvalue weighted by Gasteiger charge is 2.46. The summed E-state index contributed by atoms with van der Waals surface area (Å²) in [6.45, 7) is 7.01. The molecule has 1 fully saturated rings. The van der Waals surface area contributed by atoms with Crippen molar-refractivity contribution in [1.82, 2.24) is 20.6 Å². The summed E-state index contributed by atoms with van der Waals surface area (Å²) in [6.07, 6.45) is 4.19. The van der Waals surface area contributed by atoms with Crippen molar-refractivity contribution in [1.29, 1.82) is 0 Å². The van der Waals surface area contributed by atoms with Crippen LogP contribution in [0, 0.1) is 17.3 Å². The fourth-order valence-electron chi connectivity index (χ4n) is 4.15. The van der Waals surface area contributed by atoms with Crippen LogP contribution in [0.3, 0.4) is 0 Å². The van der Waals surface area contributed by atoms with Crippen LogP contribution in [0.2, 0.25) is 0 Å². The smallest absolute Gasteiger partial charge is 0.270 e. The largest absolute Gasteiger partial charge is 0.350 e. The Hall–Kier alpha value is -2.76. The summed E-state index contributed by atoms with van der Waals surface area (Å²) in [5.41, 5.74) is 0.805. The minimum atomic E-state index is -0.194. The highest BCUT2D eigenvalue weighted by molar-refractivity contribution is 5.93. The third-order valence-corrected chi connectivity index (χ3v) is 5.47. The minimum Gasteiger partial charge on any atom is -0.350 e. The first kappa shape index (κ1) is 19.0. The first-order valence-electron chi connectivity index (χ1n) is 9.29.